The zero-order chi connectivity index (χ0) is 32.4. The van der Waals surface area contributed by atoms with Crippen molar-refractivity contribution in [2.45, 2.75) is 132 Å². The van der Waals surface area contributed by atoms with Crippen LogP contribution < -0.4 is 4.74 Å². The number of hydrogen-bond acceptors (Lipinski definition) is 4. The van der Waals surface area contributed by atoms with Crippen LogP contribution in [0.2, 0.25) is 0 Å². The van der Waals surface area contributed by atoms with E-state index >= 15 is 0 Å². The van der Waals surface area contributed by atoms with Gasteiger partial charge in [0.1, 0.15) is 11.9 Å². The molecule has 5 aliphatic carbocycles. The molecule has 0 heterocycles. The molecule has 9 unspecified atom stereocenters. The van der Waals surface area contributed by atoms with Crippen LogP contribution in [0.15, 0.2) is 35.9 Å². The van der Waals surface area contributed by atoms with Crippen molar-refractivity contribution in [2.75, 3.05) is 7.11 Å². The molecule has 0 bridgehead atoms. The molecule has 0 amide bonds. The minimum atomic E-state index is -0.263. The summed E-state index contributed by atoms with van der Waals surface area (Å²) in [6.45, 7) is 17.2. The van der Waals surface area contributed by atoms with Crippen molar-refractivity contribution >= 4 is 12.0 Å². The van der Waals surface area contributed by atoms with Crippen LogP contribution in [0.4, 0.5) is 0 Å². The molecule has 2 spiro atoms. The van der Waals surface area contributed by atoms with E-state index in [1.807, 2.05) is 18.2 Å². The second-order valence-electron chi connectivity index (χ2n) is 17.3. The number of rotatable bonds is 9. The average molecular weight is 617 g/mol. The summed E-state index contributed by atoms with van der Waals surface area (Å²) >= 11 is 0. The molecule has 1 aromatic carbocycles. The van der Waals surface area contributed by atoms with Gasteiger partial charge < -0.3 is 14.6 Å². The van der Waals surface area contributed by atoms with Crippen LogP contribution in [-0.4, -0.2) is 24.3 Å². The van der Waals surface area contributed by atoms with Gasteiger partial charge in [-0.25, -0.2) is 4.79 Å². The molecule has 4 heteroatoms. The number of allylic oxidation sites excluding steroid dienone is 2. The molecule has 4 nitrogen and oxygen atoms in total. The fourth-order valence-corrected chi connectivity index (χ4v) is 12.7. The number of carbonyl (C=O) groups is 1. The summed E-state index contributed by atoms with van der Waals surface area (Å²) in [5, 5.41) is 9.67. The molecule has 5 aliphatic rings. The van der Waals surface area contributed by atoms with Crippen molar-refractivity contribution in [3.8, 4) is 5.75 Å². The van der Waals surface area contributed by atoms with Crippen LogP contribution >= 0.6 is 0 Å². The molecule has 248 valence electrons. The monoisotopic (exact) mass is 616 g/mol. The van der Waals surface area contributed by atoms with E-state index in [2.05, 4.69) is 54.5 Å². The topological polar surface area (TPSA) is 55.8 Å². The predicted molar refractivity (Wildman–Crippen MR) is 183 cm³/mol. The predicted octanol–water partition coefficient (Wildman–Crippen LogP) is 9.93. The Morgan fingerprint density at radius 3 is 2.42 bits per heavy atom. The number of ether oxygens (including phenoxy) is 2. The van der Waals surface area contributed by atoms with Gasteiger partial charge in [-0.05, 0) is 154 Å². The van der Waals surface area contributed by atoms with Gasteiger partial charge in [0.05, 0.1) is 13.7 Å². The minimum Gasteiger partial charge on any atom is -0.496 e. The highest BCUT2D eigenvalue weighted by molar-refractivity contribution is 5.87. The quantitative estimate of drug-likeness (QED) is 0.170. The Morgan fingerprint density at radius 2 is 1.71 bits per heavy atom. The van der Waals surface area contributed by atoms with Gasteiger partial charge in [0.15, 0.2) is 0 Å². The van der Waals surface area contributed by atoms with Gasteiger partial charge in [-0.15, -0.1) is 0 Å². The van der Waals surface area contributed by atoms with E-state index in [9.17, 15) is 9.90 Å². The number of carbonyl (C=O) groups excluding carboxylic acids is 1. The first-order chi connectivity index (χ1) is 21.3. The third kappa shape index (κ3) is 4.97. The summed E-state index contributed by atoms with van der Waals surface area (Å²) in [6.07, 6.45) is 20.2. The van der Waals surface area contributed by atoms with E-state index in [1.165, 1.54) is 69.8 Å². The van der Waals surface area contributed by atoms with Crippen LogP contribution in [0.25, 0.3) is 6.08 Å². The fraction of sp³-hybridized carbons (Fsp3) is 0.732. The molecular weight excluding hydrogens is 556 g/mol. The van der Waals surface area contributed by atoms with Crippen LogP contribution in [-0.2, 0) is 16.1 Å². The SMILES string of the molecule is COc1ccc(C=CC(=O)OC2CCC34CC35CCC3(C)C(C(C)CCC=C(C)C)CCC3(C)C5CCC4C2(C)C)cc1CO. The number of aliphatic hydroxyl groups is 1. The number of methoxy groups -OCH3 is 1. The van der Waals surface area contributed by atoms with Crippen molar-refractivity contribution in [1.29, 1.82) is 0 Å². The summed E-state index contributed by atoms with van der Waals surface area (Å²) in [4.78, 5) is 13.1. The molecule has 1 N–H and O–H groups in total. The third-order valence-electron chi connectivity index (χ3n) is 15.1. The summed E-state index contributed by atoms with van der Waals surface area (Å²) in [6, 6.07) is 5.58. The number of benzene rings is 1. The maximum atomic E-state index is 13.1. The maximum absolute atomic E-state index is 13.1. The fourth-order valence-electron chi connectivity index (χ4n) is 12.7. The first-order valence-corrected chi connectivity index (χ1v) is 18.1. The molecule has 5 saturated carbocycles. The van der Waals surface area contributed by atoms with E-state index in [0.29, 0.717) is 38.9 Å². The molecule has 0 saturated heterocycles. The summed E-state index contributed by atoms with van der Waals surface area (Å²) < 4.78 is 11.6. The van der Waals surface area contributed by atoms with E-state index in [4.69, 9.17) is 9.47 Å². The van der Waals surface area contributed by atoms with Gasteiger partial charge in [0.2, 0.25) is 0 Å². The van der Waals surface area contributed by atoms with Gasteiger partial charge in [0, 0.05) is 17.1 Å². The average Bonchev–Trinajstić information content (AvgIpc) is 3.58. The number of fused-ring (bicyclic) bond motifs is 2. The minimum absolute atomic E-state index is 0.0281. The Bertz CT molecular complexity index is 1350. The van der Waals surface area contributed by atoms with Gasteiger partial charge in [-0.2, -0.15) is 0 Å². The molecule has 0 radical (unpaired) electrons. The van der Waals surface area contributed by atoms with Crippen LogP contribution in [0.3, 0.4) is 0 Å². The number of aliphatic hydroxyl groups excluding tert-OH is 1. The Morgan fingerprint density at radius 1 is 0.978 bits per heavy atom. The van der Waals surface area contributed by atoms with Crippen LogP contribution in [0.1, 0.15) is 130 Å². The van der Waals surface area contributed by atoms with Crippen molar-refractivity contribution in [3.63, 3.8) is 0 Å². The van der Waals surface area contributed by atoms with E-state index < -0.39 is 0 Å². The van der Waals surface area contributed by atoms with Crippen molar-refractivity contribution < 1.29 is 19.4 Å². The molecule has 5 fully saturated rings. The van der Waals surface area contributed by atoms with Gasteiger partial charge >= 0.3 is 5.97 Å². The molecular formula is C41H60O4. The highest BCUT2D eigenvalue weighted by Gasteiger charge is 2.82. The van der Waals surface area contributed by atoms with Crippen LogP contribution in [0, 0.1) is 50.7 Å². The molecule has 6 rings (SSSR count). The first kappa shape index (κ1) is 32.9. The lowest BCUT2D eigenvalue weighted by atomic mass is 9.41. The lowest BCUT2D eigenvalue weighted by molar-refractivity contribution is -0.179. The highest BCUT2D eigenvalue weighted by atomic mass is 16.5. The van der Waals surface area contributed by atoms with Crippen molar-refractivity contribution in [3.05, 3.63) is 47.1 Å². The number of esters is 1. The Labute approximate surface area is 273 Å². The maximum Gasteiger partial charge on any atom is 0.331 e. The lowest BCUT2D eigenvalue weighted by Gasteiger charge is -2.63. The van der Waals surface area contributed by atoms with Crippen molar-refractivity contribution in [2.24, 2.45) is 50.7 Å². The van der Waals surface area contributed by atoms with Crippen molar-refractivity contribution in [1.82, 2.24) is 0 Å². The second-order valence-corrected chi connectivity index (χ2v) is 17.3. The second kappa shape index (κ2) is 11.6. The first-order valence-electron chi connectivity index (χ1n) is 18.1. The van der Waals surface area contributed by atoms with Crippen LogP contribution in [0.5, 0.6) is 5.75 Å². The van der Waals surface area contributed by atoms with Gasteiger partial charge in [-0.1, -0.05) is 52.3 Å². The molecule has 45 heavy (non-hydrogen) atoms. The summed E-state index contributed by atoms with van der Waals surface area (Å²) in [5.74, 6) is 3.51. The summed E-state index contributed by atoms with van der Waals surface area (Å²) in [5.41, 5.74) is 4.85. The highest BCUT2D eigenvalue weighted by Crippen LogP contribution is 2.89. The molecule has 1 aromatic rings. The normalized spacial score (nSPS) is 40.0. The zero-order valence-electron chi connectivity index (χ0n) is 29.5. The third-order valence-corrected chi connectivity index (χ3v) is 15.1. The van der Waals surface area contributed by atoms with E-state index in [-0.39, 0.29) is 24.1 Å². The molecule has 9 atom stereocenters. The lowest BCUT2D eigenvalue weighted by Crippen LogP contribution is -2.58. The zero-order valence-corrected chi connectivity index (χ0v) is 29.5. The van der Waals surface area contributed by atoms with Gasteiger partial charge in [-0.3, -0.25) is 0 Å². The Kier molecular flexibility index (Phi) is 8.44. The van der Waals surface area contributed by atoms with Gasteiger partial charge in [0.25, 0.3) is 0 Å². The van der Waals surface area contributed by atoms with E-state index in [0.717, 1.165) is 29.7 Å². The largest absolute Gasteiger partial charge is 0.496 e. The number of hydrogen-bond donors (Lipinski definition) is 1. The standard InChI is InChI=1S/C41H60O4/c1-27(2)10-9-11-28(3)31-18-20-39(7)34-16-15-33-37(4,5)35(19-21-40(33)26-41(34,40)23-22-38(31,39)6)45-36(43)17-13-29-12-14-32(44-8)30(24-29)25-42/h10,12-14,17,24,28,31,33-35,42H,9,11,15-16,18-23,25-26H2,1-8H3. The Balaban J connectivity index is 1.14. The Hall–Kier alpha value is -2.07. The smallest absolute Gasteiger partial charge is 0.331 e. The summed E-state index contributed by atoms with van der Waals surface area (Å²) in [7, 11) is 1.60. The molecule has 0 aromatic heterocycles. The van der Waals surface area contributed by atoms with E-state index in [1.54, 1.807) is 19.3 Å². The molecule has 0 aliphatic heterocycles.